The minimum Gasteiger partial charge on any atom is -0.497 e. The third-order valence-corrected chi connectivity index (χ3v) is 3.38. The number of aromatic nitrogens is 3. The first kappa shape index (κ1) is 14.8. The van der Waals surface area contributed by atoms with E-state index in [9.17, 15) is 14.0 Å². The number of hydrogen-bond acceptors (Lipinski definition) is 5. The zero-order valence-electron chi connectivity index (χ0n) is 12.3. The van der Waals surface area contributed by atoms with Crippen molar-refractivity contribution >= 4 is 11.6 Å². The molecule has 0 bridgehead atoms. The number of H-pyrrole nitrogens is 1. The molecule has 0 amide bonds. The van der Waals surface area contributed by atoms with Gasteiger partial charge in [-0.25, -0.2) is 9.78 Å². The molecule has 0 unspecified atom stereocenters. The largest absolute Gasteiger partial charge is 0.497 e. The van der Waals surface area contributed by atoms with Crippen LogP contribution in [0.5, 0.6) is 5.75 Å². The average Bonchev–Trinajstić information content (AvgIpc) is 3.01. The molecule has 0 saturated carbocycles. The number of esters is 1. The third kappa shape index (κ3) is 2.33. The Morgan fingerprint density at radius 1 is 1.26 bits per heavy atom. The summed E-state index contributed by atoms with van der Waals surface area (Å²) in [5.41, 5.74) is -0.660. The molecule has 0 atom stereocenters. The molecule has 2 heterocycles. The molecule has 0 spiro atoms. The van der Waals surface area contributed by atoms with Crippen LogP contribution in [-0.2, 0) is 4.74 Å². The van der Waals surface area contributed by atoms with E-state index >= 15 is 0 Å². The molecule has 7 nitrogen and oxygen atoms in total. The summed E-state index contributed by atoms with van der Waals surface area (Å²) in [5.74, 6) is -1.11. The van der Waals surface area contributed by atoms with Crippen LogP contribution >= 0.6 is 0 Å². The van der Waals surface area contributed by atoms with Crippen LogP contribution in [0.2, 0.25) is 0 Å². The normalized spacial score (nSPS) is 10.7. The van der Waals surface area contributed by atoms with Gasteiger partial charge in [0.25, 0.3) is 0 Å². The summed E-state index contributed by atoms with van der Waals surface area (Å²) in [5, 5.41) is 2.49. The molecule has 8 heteroatoms. The van der Waals surface area contributed by atoms with E-state index < -0.39 is 17.3 Å². The summed E-state index contributed by atoms with van der Waals surface area (Å²) in [6.45, 7) is 0. The first-order chi connectivity index (χ1) is 11.1. The number of rotatable bonds is 3. The Balaban J connectivity index is 2.25. The van der Waals surface area contributed by atoms with Gasteiger partial charge >= 0.3 is 11.5 Å². The minimum absolute atomic E-state index is 0.00549. The lowest BCUT2D eigenvalue weighted by Crippen LogP contribution is -2.20. The molecular formula is C15H12FN3O4. The van der Waals surface area contributed by atoms with Crippen LogP contribution < -0.4 is 10.3 Å². The van der Waals surface area contributed by atoms with Crippen molar-refractivity contribution in [2.24, 2.45) is 0 Å². The zero-order valence-corrected chi connectivity index (χ0v) is 12.3. The molecule has 0 radical (unpaired) electrons. The van der Waals surface area contributed by atoms with Gasteiger partial charge in [-0.15, -0.1) is 0 Å². The van der Waals surface area contributed by atoms with Crippen LogP contribution in [0.3, 0.4) is 0 Å². The Morgan fingerprint density at radius 3 is 2.57 bits per heavy atom. The van der Waals surface area contributed by atoms with Gasteiger partial charge in [0.1, 0.15) is 17.0 Å². The van der Waals surface area contributed by atoms with Crippen molar-refractivity contribution in [3.63, 3.8) is 0 Å². The minimum atomic E-state index is -1.02. The number of hydrogen-bond donors (Lipinski definition) is 1. The molecule has 0 aliphatic carbocycles. The first-order valence-corrected chi connectivity index (χ1v) is 6.59. The summed E-state index contributed by atoms with van der Waals surface area (Å²) in [6, 6.07) is 6.39. The number of fused-ring (bicyclic) bond motifs is 1. The van der Waals surface area contributed by atoms with E-state index in [0.717, 1.165) is 4.52 Å². The van der Waals surface area contributed by atoms with Crippen LogP contribution in [0.15, 0.2) is 35.3 Å². The number of methoxy groups -OCH3 is 2. The summed E-state index contributed by atoms with van der Waals surface area (Å²) < 4.78 is 24.8. The van der Waals surface area contributed by atoms with Gasteiger partial charge in [-0.2, -0.15) is 8.91 Å². The van der Waals surface area contributed by atoms with Gasteiger partial charge in [0.05, 0.1) is 14.2 Å². The van der Waals surface area contributed by atoms with E-state index in [2.05, 4.69) is 14.8 Å². The standard InChI is InChI=1S/C15H12FN3O4/c1-22-9-5-3-8(4-6-9)12-11(16)14(20)19-13(18-12)10(7-17-19)15(21)23-2/h3-7,17H,1-2H3. The van der Waals surface area contributed by atoms with Gasteiger partial charge in [-0.1, -0.05) is 0 Å². The van der Waals surface area contributed by atoms with Crippen molar-refractivity contribution in [1.82, 2.24) is 14.6 Å². The van der Waals surface area contributed by atoms with E-state index in [1.165, 1.54) is 20.4 Å². The fourth-order valence-electron chi connectivity index (χ4n) is 2.20. The van der Waals surface area contributed by atoms with E-state index in [1.54, 1.807) is 24.3 Å². The topological polar surface area (TPSA) is 85.7 Å². The molecular weight excluding hydrogens is 305 g/mol. The molecule has 23 heavy (non-hydrogen) atoms. The predicted molar refractivity (Wildman–Crippen MR) is 79.1 cm³/mol. The first-order valence-electron chi connectivity index (χ1n) is 6.59. The highest BCUT2D eigenvalue weighted by Crippen LogP contribution is 2.23. The maximum absolute atomic E-state index is 14.3. The van der Waals surface area contributed by atoms with Gasteiger partial charge in [0.2, 0.25) is 5.82 Å². The monoisotopic (exact) mass is 317 g/mol. The molecule has 1 aromatic carbocycles. The second-order valence-electron chi connectivity index (χ2n) is 4.65. The molecule has 118 valence electrons. The Bertz CT molecular complexity index is 944. The smallest absolute Gasteiger partial charge is 0.343 e. The number of carbonyl (C=O) groups is 1. The molecule has 3 aromatic rings. The Morgan fingerprint density at radius 2 is 1.96 bits per heavy atom. The van der Waals surface area contributed by atoms with Crippen molar-refractivity contribution in [3.8, 4) is 17.0 Å². The summed E-state index contributed by atoms with van der Waals surface area (Å²) in [4.78, 5) is 27.9. The molecule has 0 saturated heterocycles. The van der Waals surface area contributed by atoms with Crippen LogP contribution in [0.4, 0.5) is 4.39 Å². The summed E-state index contributed by atoms with van der Waals surface area (Å²) >= 11 is 0. The van der Waals surface area contributed by atoms with Crippen molar-refractivity contribution < 1.29 is 18.7 Å². The maximum Gasteiger partial charge on any atom is 0.343 e. The van der Waals surface area contributed by atoms with E-state index in [-0.39, 0.29) is 16.9 Å². The highest BCUT2D eigenvalue weighted by Gasteiger charge is 2.20. The molecule has 0 aliphatic rings. The Labute approximate surface area is 129 Å². The fraction of sp³-hybridized carbons (Fsp3) is 0.133. The van der Waals surface area contributed by atoms with Crippen LogP contribution in [-0.4, -0.2) is 34.8 Å². The van der Waals surface area contributed by atoms with Crippen LogP contribution in [0.1, 0.15) is 10.4 Å². The number of halogens is 1. The lowest BCUT2D eigenvalue weighted by Gasteiger charge is -2.05. The third-order valence-electron chi connectivity index (χ3n) is 3.38. The highest BCUT2D eigenvalue weighted by molar-refractivity contribution is 5.95. The molecule has 0 fully saturated rings. The van der Waals surface area contributed by atoms with Crippen molar-refractivity contribution in [2.75, 3.05) is 14.2 Å². The number of ether oxygens (including phenoxy) is 2. The number of nitrogens with zero attached hydrogens (tertiary/aromatic N) is 2. The Kier molecular flexibility index (Phi) is 3.57. The molecule has 3 rings (SSSR count). The van der Waals surface area contributed by atoms with E-state index in [0.29, 0.717) is 11.3 Å². The number of benzene rings is 1. The summed E-state index contributed by atoms with van der Waals surface area (Å²) in [6.07, 6.45) is 1.24. The average molecular weight is 317 g/mol. The quantitative estimate of drug-likeness (QED) is 0.742. The van der Waals surface area contributed by atoms with Crippen molar-refractivity contribution in [1.29, 1.82) is 0 Å². The second kappa shape index (κ2) is 5.56. The lowest BCUT2D eigenvalue weighted by atomic mass is 10.1. The molecule has 2 aromatic heterocycles. The van der Waals surface area contributed by atoms with Gasteiger partial charge in [0.15, 0.2) is 5.65 Å². The fourth-order valence-corrected chi connectivity index (χ4v) is 2.20. The SMILES string of the molecule is COC(=O)c1c[nH]n2c(=O)c(F)c(-c3ccc(OC)cc3)nc12. The van der Waals surface area contributed by atoms with E-state index in [4.69, 9.17) is 4.74 Å². The Hall–Kier alpha value is -3.16. The van der Waals surface area contributed by atoms with Crippen molar-refractivity contribution in [2.45, 2.75) is 0 Å². The zero-order chi connectivity index (χ0) is 16.6. The maximum atomic E-state index is 14.3. The van der Waals surface area contributed by atoms with Crippen LogP contribution in [0, 0.1) is 5.82 Å². The van der Waals surface area contributed by atoms with Gasteiger partial charge < -0.3 is 9.47 Å². The number of carbonyl (C=O) groups excluding carboxylic acids is 1. The predicted octanol–water partition coefficient (Wildman–Crippen LogP) is 1.62. The van der Waals surface area contributed by atoms with E-state index in [1.807, 2.05) is 0 Å². The number of aromatic amines is 1. The highest BCUT2D eigenvalue weighted by atomic mass is 19.1. The van der Waals surface area contributed by atoms with Crippen LogP contribution in [0.25, 0.3) is 16.9 Å². The van der Waals surface area contributed by atoms with Gasteiger partial charge in [-0.3, -0.25) is 9.89 Å². The lowest BCUT2D eigenvalue weighted by molar-refractivity contribution is 0.0602. The van der Waals surface area contributed by atoms with Crippen molar-refractivity contribution in [3.05, 3.63) is 52.2 Å². The van der Waals surface area contributed by atoms with Gasteiger partial charge in [0, 0.05) is 11.8 Å². The van der Waals surface area contributed by atoms with Gasteiger partial charge in [-0.05, 0) is 24.3 Å². The number of nitrogens with one attached hydrogen (secondary N) is 1. The summed E-state index contributed by atoms with van der Waals surface area (Å²) in [7, 11) is 2.71. The molecule has 0 aliphatic heterocycles. The molecule has 1 N–H and O–H groups in total. The second-order valence-corrected chi connectivity index (χ2v) is 4.65.